The summed E-state index contributed by atoms with van der Waals surface area (Å²) in [5, 5.41) is 10.7. The van der Waals surface area contributed by atoms with Gasteiger partial charge in [0.15, 0.2) is 0 Å². The molecule has 0 aromatic heterocycles. The fourth-order valence-corrected chi connectivity index (χ4v) is 2.13. The van der Waals surface area contributed by atoms with Gasteiger partial charge in [-0.05, 0) is 24.5 Å². The molecule has 0 radical (unpaired) electrons. The van der Waals surface area contributed by atoms with Gasteiger partial charge in [0.25, 0.3) is 5.69 Å². The highest BCUT2D eigenvalue weighted by molar-refractivity contribution is 5.91. The van der Waals surface area contributed by atoms with E-state index in [0.29, 0.717) is 18.7 Å². The van der Waals surface area contributed by atoms with Gasteiger partial charge >= 0.3 is 0 Å². The van der Waals surface area contributed by atoms with Gasteiger partial charge in [-0.2, -0.15) is 0 Å². The SMILES string of the molecule is NC1CCN(C(=O)/C=C/c2cccc([N+](=O)[O-])c2)CC1. The summed E-state index contributed by atoms with van der Waals surface area (Å²) < 4.78 is 0. The van der Waals surface area contributed by atoms with E-state index in [1.54, 1.807) is 23.1 Å². The Hall–Kier alpha value is -2.21. The van der Waals surface area contributed by atoms with Crippen molar-refractivity contribution in [2.24, 2.45) is 5.73 Å². The second-order valence-electron chi connectivity index (χ2n) is 4.85. The first-order chi connectivity index (χ1) is 9.56. The molecule has 1 saturated heterocycles. The number of nitrogens with zero attached hydrogens (tertiary/aromatic N) is 2. The van der Waals surface area contributed by atoms with Crippen LogP contribution < -0.4 is 5.73 Å². The Morgan fingerprint density at radius 1 is 1.40 bits per heavy atom. The number of non-ortho nitro benzene ring substituents is 1. The van der Waals surface area contributed by atoms with Crippen LogP contribution in [0.5, 0.6) is 0 Å². The van der Waals surface area contributed by atoms with Gasteiger partial charge in [-0.25, -0.2) is 0 Å². The second kappa shape index (κ2) is 6.29. The Morgan fingerprint density at radius 3 is 2.75 bits per heavy atom. The standard InChI is InChI=1S/C14H17N3O3/c15-12-6-8-16(9-7-12)14(18)5-4-11-2-1-3-13(10-11)17(19)20/h1-5,10,12H,6-9,15H2/b5-4+. The molecule has 6 heteroatoms. The normalized spacial score (nSPS) is 16.6. The first-order valence-electron chi connectivity index (χ1n) is 6.53. The van der Waals surface area contributed by atoms with Crippen LogP contribution in [0.25, 0.3) is 6.08 Å². The summed E-state index contributed by atoms with van der Waals surface area (Å²) >= 11 is 0. The number of benzene rings is 1. The number of nitro benzene ring substituents is 1. The van der Waals surface area contributed by atoms with Crippen LogP contribution in [0.2, 0.25) is 0 Å². The molecular formula is C14H17N3O3. The highest BCUT2D eigenvalue weighted by atomic mass is 16.6. The van der Waals surface area contributed by atoms with Gasteiger partial charge in [0.2, 0.25) is 5.91 Å². The number of carbonyl (C=O) groups is 1. The Morgan fingerprint density at radius 2 is 2.10 bits per heavy atom. The van der Waals surface area contributed by atoms with Crippen LogP contribution in [0.1, 0.15) is 18.4 Å². The van der Waals surface area contributed by atoms with Crippen LogP contribution in [-0.2, 0) is 4.79 Å². The minimum absolute atomic E-state index is 0.0172. The number of likely N-dealkylation sites (tertiary alicyclic amines) is 1. The average molecular weight is 275 g/mol. The number of piperidine rings is 1. The van der Waals surface area contributed by atoms with Crippen LogP contribution in [0.3, 0.4) is 0 Å². The number of nitrogens with two attached hydrogens (primary N) is 1. The van der Waals surface area contributed by atoms with E-state index in [1.165, 1.54) is 18.2 Å². The summed E-state index contributed by atoms with van der Waals surface area (Å²) in [4.78, 5) is 23.9. The van der Waals surface area contributed by atoms with Crippen molar-refractivity contribution in [2.45, 2.75) is 18.9 Å². The maximum Gasteiger partial charge on any atom is 0.270 e. The van der Waals surface area contributed by atoms with Crippen LogP contribution in [0.15, 0.2) is 30.3 Å². The number of nitro groups is 1. The lowest BCUT2D eigenvalue weighted by atomic mass is 10.1. The molecule has 106 valence electrons. The lowest BCUT2D eigenvalue weighted by molar-refractivity contribution is -0.384. The molecule has 0 aliphatic carbocycles. The fourth-order valence-electron chi connectivity index (χ4n) is 2.13. The van der Waals surface area contributed by atoms with E-state index in [4.69, 9.17) is 5.73 Å². The van der Waals surface area contributed by atoms with Crippen molar-refractivity contribution >= 4 is 17.7 Å². The van der Waals surface area contributed by atoms with Crippen molar-refractivity contribution in [3.8, 4) is 0 Å². The van der Waals surface area contributed by atoms with E-state index >= 15 is 0 Å². The molecule has 1 amide bonds. The van der Waals surface area contributed by atoms with Crippen LogP contribution in [0, 0.1) is 10.1 Å². The van der Waals surface area contributed by atoms with Gasteiger partial charge in [0.1, 0.15) is 0 Å². The Bertz CT molecular complexity index is 534. The molecule has 2 rings (SSSR count). The maximum absolute atomic E-state index is 12.0. The Balaban J connectivity index is 2.00. The van der Waals surface area contributed by atoms with Gasteiger partial charge in [-0.15, -0.1) is 0 Å². The minimum atomic E-state index is -0.453. The Labute approximate surface area is 117 Å². The zero-order valence-corrected chi connectivity index (χ0v) is 11.1. The van der Waals surface area contributed by atoms with E-state index in [9.17, 15) is 14.9 Å². The molecule has 1 heterocycles. The summed E-state index contributed by atoms with van der Waals surface area (Å²) in [6.07, 6.45) is 4.69. The highest BCUT2D eigenvalue weighted by Gasteiger charge is 2.18. The molecule has 2 N–H and O–H groups in total. The summed E-state index contributed by atoms with van der Waals surface area (Å²) in [7, 11) is 0. The molecule has 0 saturated carbocycles. The third kappa shape index (κ3) is 3.64. The zero-order valence-electron chi connectivity index (χ0n) is 11.1. The molecule has 1 aromatic rings. The molecular weight excluding hydrogens is 258 g/mol. The Kier molecular flexibility index (Phi) is 4.47. The van der Waals surface area contributed by atoms with E-state index in [-0.39, 0.29) is 17.6 Å². The first kappa shape index (κ1) is 14.2. The van der Waals surface area contributed by atoms with E-state index < -0.39 is 4.92 Å². The van der Waals surface area contributed by atoms with Gasteiger partial charge in [-0.1, -0.05) is 12.1 Å². The number of amides is 1. The molecule has 20 heavy (non-hydrogen) atoms. The molecule has 0 spiro atoms. The average Bonchev–Trinajstić information content (AvgIpc) is 2.46. The molecule has 6 nitrogen and oxygen atoms in total. The van der Waals surface area contributed by atoms with Crippen molar-refractivity contribution in [1.82, 2.24) is 4.90 Å². The molecule has 1 aliphatic rings. The lowest BCUT2D eigenvalue weighted by Gasteiger charge is -2.29. The van der Waals surface area contributed by atoms with Crippen LogP contribution in [-0.4, -0.2) is 34.9 Å². The molecule has 1 aliphatic heterocycles. The van der Waals surface area contributed by atoms with Crippen molar-refractivity contribution in [1.29, 1.82) is 0 Å². The van der Waals surface area contributed by atoms with Crippen LogP contribution >= 0.6 is 0 Å². The number of rotatable bonds is 3. The molecule has 0 atom stereocenters. The van der Waals surface area contributed by atoms with Crippen molar-refractivity contribution in [3.63, 3.8) is 0 Å². The number of carbonyl (C=O) groups excluding carboxylic acids is 1. The quantitative estimate of drug-likeness (QED) is 0.515. The predicted octanol–water partition coefficient (Wildman–Crippen LogP) is 1.56. The molecule has 0 unspecified atom stereocenters. The topological polar surface area (TPSA) is 89.5 Å². The third-order valence-electron chi connectivity index (χ3n) is 3.35. The molecule has 0 bridgehead atoms. The number of hydrogen-bond donors (Lipinski definition) is 1. The monoisotopic (exact) mass is 275 g/mol. The predicted molar refractivity (Wildman–Crippen MR) is 75.9 cm³/mol. The van der Waals surface area contributed by atoms with Crippen molar-refractivity contribution < 1.29 is 9.72 Å². The summed E-state index contributed by atoms with van der Waals surface area (Å²) in [5.74, 6) is -0.0802. The largest absolute Gasteiger partial charge is 0.339 e. The van der Waals surface area contributed by atoms with Gasteiger partial charge < -0.3 is 10.6 Å². The second-order valence-corrected chi connectivity index (χ2v) is 4.85. The summed E-state index contributed by atoms with van der Waals surface area (Å²) in [6.45, 7) is 1.33. The third-order valence-corrected chi connectivity index (χ3v) is 3.35. The van der Waals surface area contributed by atoms with Crippen molar-refractivity contribution in [2.75, 3.05) is 13.1 Å². The van der Waals surface area contributed by atoms with Gasteiger partial charge in [0, 0.05) is 37.3 Å². The maximum atomic E-state index is 12.0. The van der Waals surface area contributed by atoms with E-state index in [0.717, 1.165) is 12.8 Å². The smallest absolute Gasteiger partial charge is 0.270 e. The molecule has 1 aromatic carbocycles. The lowest BCUT2D eigenvalue weighted by Crippen LogP contribution is -2.42. The van der Waals surface area contributed by atoms with E-state index in [2.05, 4.69) is 0 Å². The van der Waals surface area contributed by atoms with Gasteiger partial charge in [-0.3, -0.25) is 14.9 Å². The summed E-state index contributed by atoms with van der Waals surface area (Å²) in [5.41, 5.74) is 6.44. The fraction of sp³-hybridized carbons (Fsp3) is 0.357. The van der Waals surface area contributed by atoms with Crippen LogP contribution in [0.4, 0.5) is 5.69 Å². The zero-order chi connectivity index (χ0) is 14.5. The minimum Gasteiger partial charge on any atom is -0.339 e. The van der Waals surface area contributed by atoms with Crippen molar-refractivity contribution in [3.05, 3.63) is 46.0 Å². The number of hydrogen-bond acceptors (Lipinski definition) is 4. The molecule has 1 fully saturated rings. The summed E-state index contributed by atoms with van der Waals surface area (Å²) in [6, 6.07) is 6.37. The first-order valence-corrected chi connectivity index (χ1v) is 6.53. The van der Waals surface area contributed by atoms with Gasteiger partial charge in [0.05, 0.1) is 4.92 Å². The van der Waals surface area contributed by atoms with E-state index in [1.807, 2.05) is 0 Å². The highest BCUT2D eigenvalue weighted by Crippen LogP contribution is 2.15.